The van der Waals surface area contributed by atoms with E-state index >= 15 is 0 Å². The van der Waals surface area contributed by atoms with Crippen LogP contribution in [0.5, 0.6) is 0 Å². The average Bonchev–Trinajstić information content (AvgIpc) is 2.38. The molecule has 0 unspecified atom stereocenters. The van der Waals surface area contributed by atoms with Crippen LogP contribution in [-0.2, 0) is 11.2 Å². The van der Waals surface area contributed by atoms with Crippen LogP contribution in [0.15, 0.2) is 40.9 Å². The van der Waals surface area contributed by atoms with Gasteiger partial charge in [0.15, 0.2) is 11.6 Å². The standard InChI is InChI=1S/C15H12BrF2NO/c1-9-5-6-13(11(16)7-9)19-14(20)8-10-3-2-4-12(17)15(10)18/h2-7H,8H2,1H3,(H,19,20). The van der Waals surface area contributed by atoms with Crippen molar-refractivity contribution in [2.75, 3.05) is 5.32 Å². The van der Waals surface area contributed by atoms with Crippen LogP contribution in [0.3, 0.4) is 0 Å². The van der Waals surface area contributed by atoms with E-state index in [1.54, 1.807) is 6.07 Å². The predicted molar refractivity (Wildman–Crippen MR) is 77.6 cm³/mol. The number of rotatable bonds is 3. The normalized spacial score (nSPS) is 10.4. The Morgan fingerprint density at radius 3 is 2.70 bits per heavy atom. The van der Waals surface area contributed by atoms with Gasteiger partial charge >= 0.3 is 0 Å². The second-order valence-corrected chi connectivity index (χ2v) is 5.28. The number of hydrogen-bond donors (Lipinski definition) is 1. The fourth-order valence-electron chi connectivity index (χ4n) is 1.77. The van der Waals surface area contributed by atoms with Crippen molar-refractivity contribution in [3.8, 4) is 0 Å². The predicted octanol–water partition coefficient (Wildman–Crippen LogP) is 4.22. The maximum Gasteiger partial charge on any atom is 0.228 e. The molecule has 2 nitrogen and oxygen atoms in total. The number of carbonyl (C=O) groups excluding carboxylic acids is 1. The first-order chi connectivity index (χ1) is 9.47. The second kappa shape index (κ2) is 6.13. The van der Waals surface area contributed by atoms with Crippen molar-refractivity contribution in [3.05, 3.63) is 63.6 Å². The molecule has 0 aliphatic carbocycles. The third kappa shape index (κ3) is 3.42. The van der Waals surface area contributed by atoms with Crippen LogP contribution in [0.4, 0.5) is 14.5 Å². The van der Waals surface area contributed by atoms with Crippen molar-refractivity contribution >= 4 is 27.5 Å². The summed E-state index contributed by atoms with van der Waals surface area (Å²) < 4.78 is 27.3. The Bertz CT molecular complexity index is 658. The molecule has 0 saturated carbocycles. The van der Waals surface area contributed by atoms with Crippen LogP contribution in [-0.4, -0.2) is 5.91 Å². The van der Waals surface area contributed by atoms with E-state index in [1.165, 1.54) is 12.1 Å². The van der Waals surface area contributed by atoms with E-state index in [-0.39, 0.29) is 12.0 Å². The summed E-state index contributed by atoms with van der Waals surface area (Å²) in [6.45, 7) is 1.93. The minimum atomic E-state index is -0.981. The van der Waals surface area contributed by atoms with Gasteiger partial charge in [-0.15, -0.1) is 0 Å². The molecule has 0 aliphatic heterocycles. The third-order valence-corrected chi connectivity index (χ3v) is 3.44. The zero-order chi connectivity index (χ0) is 14.7. The van der Waals surface area contributed by atoms with Gasteiger partial charge < -0.3 is 5.32 Å². The molecular weight excluding hydrogens is 328 g/mol. The average molecular weight is 340 g/mol. The Kier molecular flexibility index (Phi) is 4.49. The van der Waals surface area contributed by atoms with Crippen LogP contribution < -0.4 is 5.32 Å². The summed E-state index contributed by atoms with van der Waals surface area (Å²) in [5.41, 5.74) is 1.68. The summed E-state index contributed by atoms with van der Waals surface area (Å²) >= 11 is 3.34. The van der Waals surface area contributed by atoms with E-state index < -0.39 is 17.5 Å². The lowest BCUT2D eigenvalue weighted by atomic mass is 10.1. The number of hydrogen-bond acceptors (Lipinski definition) is 1. The van der Waals surface area contributed by atoms with Crippen LogP contribution >= 0.6 is 15.9 Å². The molecular formula is C15H12BrF2NO. The van der Waals surface area contributed by atoms with Crippen molar-refractivity contribution in [2.24, 2.45) is 0 Å². The van der Waals surface area contributed by atoms with Crippen molar-refractivity contribution in [1.29, 1.82) is 0 Å². The molecule has 1 N–H and O–H groups in total. The van der Waals surface area contributed by atoms with Gasteiger partial charge in [0, 0.05) is 10.0 Å². The molecule has 0 aliphatic rings. The Labute approximate surface area is 123 Å². The van der Waals surface area contributed by atoms with Gasteiger partial charge in [-0.3, -0.25) is 4.79 Å². The Morgan fingerprint density at radius 1 is 1.25 bits per heavy atom. The fraction of sp³-hybridized carbons (Fsp3) is 0.133. The van der Waals surface area contributed by atoms with E-state index in [0.29, 0.717) is 5.69 Å². The monoisotopic (exact) mass is 339 g/mol. The zero-order valence-corrected chi connectivity index (χ0v) is 12.3. The van der Waals surface area contributed by atoms with Gasteiger partial charge in [-0.1, -0.05) is 18.2 Å². The molecule has 0 bridgehead atoms. The SMILES string of the molecule is Cc1ccc(NC(=O)Cc2cccc(F)c2F)c(Br)c1. The smallest absolute Gasteiger partial charge is 0.228 e. The number of halogens is 3. The molecule has 0 aromatic heterocycles. The number of amides is 1. The molecule has 0 saturated heterocycles. The van der Waals surface area contributed by atoms with Gasteiger partial charge in [-0.2, -0.15) is 0 Å². The highest BCUT2D eigenvalue weighted by Gasteiger charge is 2.12. The fourth-order valence-corrected chi connectivity index (χ4v) is 2.37. The lowest BCUT2D eigenvalue weighted by Gasteiger charge is -2.09. The summed E-state index contributed by atoms with van der Waals surface area (Å²) in [5, 5.41) is 2.66. The molecule has 0 fully saturated rings. The molecule has 2 rings (SSSR count). The first-order valence-corrected chi connectivity index (χ1v) is 6.75. The van der Waals surface area contributed by atoms with Crippen molar-refractivity contribution in [1.82, 2.24) is 0 Å². The quantitative estimate of drug-likeness (QED) is 0.891. The van der Waals surface area contributed by atoms with Gasteiger partial charge in [0.1, 0.15) is 0 Å². The second-order valence-electron chi connectivity index (χ2n) is 4.42. The molecule has 1 amide bonds. The molecule has 0 heterocycles. The zero-order valence-electron chi connectivity index (χ0n) is 10.7. The minimum Gasteiger partial charge on any atom is -0.325 e. The minimum absolute atomic E-state index is 0.0331. The molecule has 2 aromatic carbocycles. The highest BCUT2D eigenvalue weighted by molar-refractivity contribution is 9.10. The molecule has 0 radical (unpaired) electrons. The lowest BCUT2D eigenvalue weighted by molar-refractivity contribution is -0.115. The maximum absolute atomic E-state index is 13.5. The number of carbonyl (C=O) groups is 1. The highest BCUT2D eigenvalue weighted by atomic mass is 79.9. The first kappa shape index (κ1) is 14.7. The summed E-state index contributed by atoms with van der Waals surface area (Å²) in [6, 6.07) is 9.25. The number of aryl methyl sites for hydroxylation is 1. The third-order valence-electron chi connectivity index (χ3n) is 2.78. The van der Waals surface area contributed by atoms with Gasteiger partial charge in [-0.25, -0.2) is 8.78 Å². The van der Waals surface area contributed by atoms with Gasteiger partial charge in [-0.05, 0) is 46.6 Å². The van der Waals surface area contributed by atoms with E-state index in [1.807, 2.05) is 19.1 Å². The number of anilines is 1. The summed E-state index contributed by atoms with van der Waals surface area (Å²) in [7, 11) is 0. The summed E-state index contributed by atoms with van der Waals surface area (Å²) in [6.07, 6.45) is -0.218. The Balaban J connectivity index is 2.11. The van der Waals surface area contributed by atoms with Gasteiger partial charge in [0.2, 0.25) is 5.91 Å². The number of benzene rings is 2. The maximum atomic E-state index is 13.5. The van der Waals surface area contributed by atoms with Crippen molar-refractivity contribution < 1.29 is 13.6 Å². The summed E-state index contributed by atoms with van der Waals surface area (Å²) in [5.74, 6) is -2.34. The molecule has 104 valence electrons. The molecule has 20 heavy (non-hydrogen) atoms. The van der Waals surface area contributed by atoms with Crippen LogP contribution in [0.2, 0.25) is 0 Å². The van der Waals surface area contributed by atoms with E-state index in [4.69, 9.17) is 0 Å². The van der Waals surface area contributed by atoms with E-state index in [2.05, 4.69) is 21.2 Å². The van der Waals surface area contributed by atoms with Gasteiger partial charge in [0.05, 0.1) is 12.1 Å². The topological polar surface area (TPSA) is 29.1 Å². The molecule has 0 spiro atoms. The molecule has 0 atom stereocenters. The van der Waals surface area contributed by atoms with Crippen LogP contribution in [0, 0.1) is 18.6 Å². The van der Waals surface area contributed by atoms with Crippen LogP contribution in [0.1, 0.15) is 11.1 Å². The first-order valence-electron chi connectivity index (χ1n) is 5.96. The Hall–Kier alpha value is -1.75. The van der Waals surface area contributed by atoms with E-state index in [9.17, 15) is 13.6 Å². The lowest BCUT2D eigenvalue weighted by Crippen LogP contribution is -2.16. The summed E-state index contributed by atoms with van der Waals surface area (Å²) in [4.78, 5) is 11.9. The van der Waals surface area contributed by atoms with Crippen LogP contribution in [0.25, 0.3) is 0 Å². The van der Waals surface area contributed by atoms with E-state index in [0.717, 1.165) is 16.1 Å². The van der Waals surface area contributed by atoms with Gasteiger partial charge in [0.25, 0.3) is 0 Å². The van der Waals surface area contributed by atoms with Crippen molar-refractivity contribution in [3.63, 3.8) is 0 Å². The highest BCUT2D eigenvalue weighted by Crippen LogP contribution is 2.23. The molecule has 5 heteroatoms. The van der Waals surface area contributed by atoms with Crippen molar-refractivity contribution in [2.45, 2.75) is 13.3 Å². The molecule has 2 aromatic rings. The number of nitrogens with one attached hydrogen (secondary N) is 1. The Morgan fingerprint density at radius 2 is 2.00 bits per heavy atom. The largest absolute Gasteiger partial charge is 0.325 e.